The topological polar surface area (TPSA) is 136 Å². The van der Waals surface area contributed by atoms with Gasteiger partial charge in [0.15, 0.2) is 15.9 Å². The van der Waals surface area contributed by atoms with E-state index in [-0.39, 0.29) is 14.5 Å². The summed E-state index contributed by atoms with van der Waals surface area (Å²) in [5.41, 5.74) is 0.390. The van der Waals surface area contributed by atoms with Crippen LogP contribution in [0.15, 0.2) is 14.5 Å². The van der Waals surface area contributed by atoms with Gasteiger partial charge in [-0.05, 0) is 32.9 Å². The van der Waals surface area contributed by atoms with Gasteiger partial charge in [-0.3, -0.25) is 9.59 Å². The maximum absolute atomic E-state index is 12.6. The molecule has 0 aromatic carbocycles. The Kier molecular flexibility index (Phi) is 6.34. The summed E-state index contributed by atoms with van der Waals surface area (Å²) in [4.78, 5) is 22.9. The molecule has 0 bridgehead atoms. The Hall–Kier alpha value is -1.50. The van der Waals surface area contributed by atoms with Crippen LogP contribution in [0.3, 0.4) is 0 Å². The Morgan fingerprint density at radius 2 is 2.04 bits per heavy atom. The van der Waals surface area contributed by atoms with E-state index in [2.05, 4.69) is 10.1 Å². The van der Waals surface area contributed by atoms with E-state index in [9.17, 15) is 26.4 Å². The molecule has 1 aliphatic rings. The molecule has 0 spiro atoms. The van der Waals surface area contributed by atoms with Gasteiger partial charge >= 0.3 is 5.97 Å². The minimum Gasteiger partial charge on any atom is -0.453 e. The summed E-state index contributed by atoms with van der Waals surface area (Å²) in [6, 6.07) is 0.988. The average molecular weight is 439 g/mol. The first-order valence-electron chi connectivity index (χ1n) is 8.25. The van der Waals surface area contributed by atoms with Crippen molar-refractivity contribution in [3.8, 4) is 0 Å². The quantitative estimate of drug-likeness (QED) is 0.620. The van der Waals surface area contributed by atoms with Crippen molar-refractivity contribution in [3.05, 3.63) is 11.6 Å². The molecular weight excluding hydrogens is 416 g/mol. The molecule has 1 aliphatic heterocycles. The zero-order valence-electron chi connectivity index (χ0n) is 15.3. The number of fused-ring (bicyclic) bond motifs is 1. The number of thiophene rings is 1. The number of ether oxygens (including phenoxy) is 1. The predicted octanol–water partition coefficient (Wildman–Crippen LogP) is 0.721. The zero-order valence-corrected chi connectivity index (χ0v) is 17.8. The van der Waals surface area contributed by atoms with Crippen LogP contribution >= 0.6 is 11.3 Å². The Morgan fingerprint density at radius 3 is 2.59 bits per heavy atom. The average Bonchev–Trinajstić information content (AvgIpc) is 2.99. The molecule has 0 saturated carbocycles. The van der Waals surface area contributed by atoms with Gasteiger partial charge in [0.2, 0.25) is 0 Å². The summed E-state index contributed by atoms with van der Waals surface area (Å²) in [6.45, 7) is 6.37. The zero-order chi connectivity index (χ0) is 20.6. The van der Waals surface area contributed by atoms with Gasteiger partial charge in [-0.25, -0.2) is 21.6 Å². The van der Waals surface area contributed by atoms with Gasteiger partial charge in [-0.2, -0.15) is 0 Å². The molecule has 27 heavy (non-hydrogen) atoms. The van der Waals surface area contributed by atoms with Crippen molar-refractivity contribution in [1.82, 2.24) is 10.0 Å². The molecule has 0 fully saturated rings. The van der Waals surface area contributed by atoms with Crippen molar-refractivity contribution in [3.63, 3.8) is 0 Å². The fourth-order valence-corrected chi connectivity index (χ4v) is 7.78. The number of hydrogen-bond donors (Lipinski definition) is 2. The highest BCUT2D eigenvalue weighted by Gasteiger charge is 2.40. The lowest BCUT2D eigenvalue weighted by Crippen LogP contribution is -2.39. The summed E-state index contributed by atoms with van der Waals surface area (Å²) in [6.07, 6.45) is -0.972. The van der Waals surface area contributed by atoms with Crippen molar-refractivity contribution in [1.29, 1.82) is 0 Å². The van der Waals surface area contributed by atoms with Gasteiger partial charge in [0, 0.05) is 18.5 Å². The monoisotopic (exact) mass is 438 g/mol. The molecule has 2 N–H and O–H groups in total. The summed E-state index contributed by atoms with van der Waals surface area (Å²) < 4.78 is 56.4. The number of carbonyl (C=O) groups excluding carboxylic acids is 2. The summed E-state index contributed by atoms with van der Waals surface area (Å²) in [5.74, 6) is -1.74. The lowest BCUT2D eigenvalue weighted by Gasteiger charge is -2.27. The fraction of sp³-hybridized carbons (Fsp3) is 0.600. The summed E-state index contributed by atoms with van der Waals surface area (Å²) in [5, 5.41) is 2.51. The van der Waals surface area contributed by atoms with Crippen LogP contribution in [-0.2, 0) is 34.2 Å². The standard InChI is InChI=1S/C15H22N2O7S3/c1-5-16-12-6-8(2)26(20,21)15-11(12)7-13(25-15)27(22,23)17-14(19)9(3)24-10(4)18/h7-9,12,16H,5-6H2,1-4H3,(H,17,19)/t8-,9-,12-/m0/s1. The smallest absolute Gasteiger partial charge is 0.303 e. The highest BCUT2D eigenvalue weighted by Crippen LogP contribution is 2.42. The molecule has 152 valence electrons. The first kappa shape index (κ1) is 21.8. The Labute approximate surface area is 162 Å². The third kappa shape index (κ3) is 4.50. The number of nitrogens with one attached hydrogen (secondary N) is 2. The molecular formula is C15H22N2O7S3. The first-order chi connectivity index (χ1) is 12.4. The molecule has 0 radical (unpaired) electrons. The lowest BCUT2D eigenvalue weighted by atomic mass is 10.1. The van der Waals surface area contributed by atoms with Gasteiger partial charge < -0.3 is 10.1 Å². The van der Waals surface area contributed by atoms with Crippen LogP contribution < -0.4 is 10.0 Å². The Morgan fingerprint density at radius 1 is 1.41 bits per heavy atom. The molecule has 2 heterocycles. The molecule has 0 saturated heterocycles. The number of sulfonamides is 1. The molecule has 0 aliphatic carbocycles. The number of hydrogen-bond acceptors (Lipinski definition) is 9. The molecule has 12 heteroatoms. The largest absolute Gasteiger partial charge is 0.453 e. The van der Waals surface area contributed by atoms with E-state index in [4.69, 9.17) is 0 Å². The highest BCUT2D eigenvalue weighted by atomic mass is 32.3. The second-order valence-electron chi connectivity index (χ2n) is 6.23. The molecule has 3 atom stereocenters. The van der Waals surface area contributed by atoms with E-state index >= 15 is 0 Å². The van der Waals surface area contributed by atoms with Crippen LogP contribution in [0.1, 0.15) is 45.7 Å². The second kappa shape index (κ2) is 7.86. The van der Waals surface area contributed by atoms with Gasteiger partial charge in [0.25, 0.3) is 15.9 Å². The number of amides is 1. The first-order valence-corrected chi connectivity index (χ1v) is 12.1. The van der Waals surface area contributed by atoms with Crippen molar-refractivity contribution in [2.45, 2.75) is 59.9 Å². The SMILES string of the molecule is CCN[C@H]1C[C@H](C)S(=O)(=O)c2sc(S(=O)(=O)NC(=O)[C@H](C)OC(C)=O)cc21. The fourth-order valence-electron chi connectivity index (χ4n) is 2.74. The van der Waals surface area contributed by atoms with Gasteiger partial charge in [0.05, 0.1) is 5.25 Å². The number of sulfone groups is 1. The molecule has 1 amide bonds. The number of carbonyl (C=O) groups is 2. The molecule has 0 unspecified atom stereocenters. The van der Waals surface area contributed by atoms with E-state index in [1.54, 1.807) is 6.92 Å². The Balaban J connectivity index is 2.39. The number of esters is 1. The number of rotatable bonds is 6. The van der Waals surface area contributed by atoms with Gasteiger partial charge in [-0.15, -0.1) is 11.3 Å². The van der Waals surface area contributed by atoms with Crippen LogP contribution in [0.4, 0.5) is 0 Å². The molecule has 1 aromatic rings. The molecule has 2 rings (SSSR count). The lowest BCUT2D eigenvalue weighted by molar-refractivity contribution is -0.152. The van der Waals surface area contributed by atoms with E-state index in [1.807, 2.05) is 11.6 Å². The Bertz CT molecular complexity index is 950. The van der Waals surface area contributed by atoms with Crippen molar-refractivity contribution >= 4 is 43.1 Å². The second-order valence-corrected chi connectivity index (χ2v) is 11.8. The summed E-state index contributed by atoms with van der Waals surface area (Å²) in [7, 11) is -7.95. The van der Waals surface area contributed by atoms with Gasteiger partial charge in [-0.1, -0.05) is 6.92 Å². The third-order valence-electron chi connectivity index (χ3n) is 4.10. The van der Waals surface area contributed by atoms with E-state index < -0.39 is 43.1 Å². The van der Waals surface area contributed by atoms with Crippen LogP contribution in [0.5, 0.6) is 0 Å². The summed E-state index contributed by atoms with van der Waals surface area (Å²) >= 11 is 0.612. The van der Waals surface area contributed by atoms with Crippen molar-refractivity contribution in [2.75, 3.05) is 6.54 Å². The van der Waals surface area contributed by atoms with Crippen LogP contribution in [0.25, 0.3) is 0 Å². The third-order valence-corrected chi connectivity index (χ3v) is 9.81. The molecule has 9 nitrogen and oxygen atoms in total. The van der Waals surface area contributed by atoms with Crippen molar-refractivity contribution in [2.24, 2.45) is 0 Å². The maximum atomic E-state index is 12.6. The van der Waals surface area contributed by atoms with Crippen LogP contribution in [0.2, 0.25) is 0 Å². The van der Waals surface area contributed by atoms with Crippen molar-refractivity contribution < 1.29 is 31.2 Å². The van der Waals surface area contributed by atoms with Gasteiger partial charge in [0.1, 0.15) is 8.42 Å². The normalized spacial score (nSPS) is 22.5. The molecule has 1 aromatic heterocycles. The highest BCUT2D eigenvalue weighted by molar-refractivity contribution is 7.95. The van der Waals surface area contributed by atoms with E-state index in [0.717, 1.165) is 6.92 Å². The maximum Gasteiger partial charge on any atom is 0.303 e. The minimum absolute atomic E-state index is 0.00643. The minimum atomic E-state index is -4.30. The van der Waals surface area contributed by atoms with Crippen LogP contribution in [-0.4, -0.2) is 46.6 Å². The van der Waals surface area contributed by atoms with E-state index in [1.165, 1.54) is 13.0 Å². The van der Waals surface area contributed by atoms with Crippen LogP contribution in [0, 0.1) is 0 Å². The van der Waals surface area contributed by atoms with E-state index in [0.29, 0.717) is 29.9 Å². The predicted molar refractivity (Wildman–Crippen MR) is 98.6 cm³/mol.